The molecule has 68 heavy (non-hydrogen) atoms. The Bertz CT molecular complexity index is 1500. The van der Waals surface area contributed by atoms with Crippen molar-refractivity contribution >= 4 is 12.1 Å². The van der Waals surface area contributed by atoms with Gasteiger partial charge in [0, 0.05) is 19.6 Å². The number of rotatable bonds is 32. The van der Waals surface area contributed by atoms with Crippen LogP contribution in [0.5, 0.6) is 0 Å². The third-order valence-electron chi connectivity index (χ3n) is 18.1. The number of alkyl carbamates (subject to hydrolysis) is 1. The maximum atomic E-state index is 13.3. The number of ether oxygens (including phenoxy) is 4. The minimum atomic E-state index is -1.22. The van der Waals surface area contributed by atoms with Crippen molar-refractivity contribution in [1.82, 2.24) is 10.2 Å². The number of likely N-dealkylation sites (tertiary alicyclic amines) is 1. The molecule has 5 aliphatic rings. The van der Waals surface area contributed by atoms with Crippen molar-refractivity contribution in [1.29, 1.82) is 0 Å². The molecule has 5 unspecified atom stereocenters. The molecule has 1 aliphatic heterocycles. The Kier molecular flexibility index (Phi) is 24.8. The van der Waals surface area contributed by atoms with E-state index in [-0.39, 0.29) is 30.8 Å². The zero-order valence-electron chi connectivity index (χ0n) is 45.5. The van der Waals surface area contributed by atoms with Crippen LogP contribution in [0, 0.1) is 46.3 Å². The molecular formula is C60H106N2O6. The summed E-state index contributed by atoms with van der Waals surface area (Å²) in [4.78, 5) is 29.1. The smallest absolute Gasteiger partial charge is 0.408 e. The van der Waals surface area contributed by atoms with E-state index in [0.717, 1.165) is 87.4 Å². The van der Waals surface area contributed by atoms with Gasteiger partial charge in [-0.2, -0.15) is 0 Å². The van der Waals surface area contributed by atoms with Gasteiger partial charge in [0.25, 0.3) is 0 Å². The van der Waals surface area contributed by atoms with E-state index in [1.165, 1.54) is 160 Å². The first-order valence-corrected chi connectivity index (χ1v) is 29.2. The highest BCUT2D eigenvalue weighted by Gasteiger charge is 2.59. The Morgan fingerprint density at radius 3 is 2.19 bits per heavy atom. The molecule has 392 valence electrons. The number of fused-ring (bicyclic) bond motifs is 5. The Morgan fingerprint density at radius 1 is 0.794 bits per heavy atom. The van der Waals surface area contributed by atoms with E-state index < -0.39 is 17.6 Å². The fraction of sp³-hybridized carbons (Fsp3) is 0.900. The molecule has 0 spiro atoms. The Hall–Kier alpha value is -1.90. The van der Waals surface area contributed by atoms with Crippen LogP contribution < -0.4 is 5.32 Å². The zero-order chi connectivity index (χ0) is 48.8. The van der Waals surface area contributed by atoms with E-state index in [2.05, 4.69) is 70.0 Å². The molecule has 9 atom stereocenters. The summed E-state index contributed by atoms with van der Waals surface area (Å²) in [6.45, 7) is 22.9. The lowest BCUT2D eigenvalue weighted by Gasteiger charge is -2.58. The zero-order valence-corrected chi connectivity index (χ0v) is 45.5. The lowest BCUT2D eigenvalue weighted by molar-refractivity contribution is -0.153. The largest absolute Gasteiger partial charge is 0.462 e. The fourth-order valence-electron chi connectivity index (χ4n) is 14.0. The second-order valence-corrected chi connectivity index (χ2v) is 24.3. The van der Waals surface area contributed by atoms with E-state index >= 15 is 0 Å². The van der Waals surface area contributed by atoms with Crippen molar-refractivity contribution in [3.8, 4) is 0 Å². The number of carbonyl (C=O) groups excluding carboxylic acids is 2. The Balaban J connectivity index is 0.959. The van der Waals surface area contributed by atoms with Crippen LogP contribution in [0.3, 0.4) is 0 Å². The molecule has 8 heteroatoms. The molecule has 0 aromatic carbocycles. The number of piperidine rings is 1. The third kappa shape index (κ3) is 17.7. The molecule has 0 aromatic rings. The van der Waals surface area contributed by atoms with Gasteiger partial charge in [-0.1, -0.05) is 149 Å². The molecule has 8 nitrogen and oxygen atoms in total. The first-order chi connectivity index (χ1) is 32.8. The predicted molar refractivity (Wildman–Crippen MR) is 282 cm³/mol. The van der Waals surface area contributed by atoms with Crippen LogP contribution in [0.2, 0.25) is 0 Å². The molecule has 3 saturated carbocycles. The molecule has 1 heterocycles. The van der Waals surface area contributed by atoms with Crippen molar-refractivity contribution < 1.29 is 28.5 Å². The quantitative estimate of drug-likeness (QED) is 0.0408. The fourth-order valence-corrected chi connectivity index (χ4v) is 14.0. The van der Waals surface area contributed by atoms with Crippen LogP contribution in [0.15, 0.2) is 23.8 Å². The van der Waals surface area contributed by atoms with Gasteiger partial charge in [0.05, 0.1) is 19.3 Å². The summed E-state index contributed by atoms with van der Waals surface area (Å²) in [7, 11) is 0. The summed E-state index contributed by atoms with van der Waals surface area (Å²) in [6, 6.07) is 0. The van der Waals surface area contributed by atoms with Gasteiger partial charge in [0.15, 0.2) is 0 Å². The maximum absolute atomic E-state index is 13.3. The highest BCUT2D eigenvalue weighted by atomic mass is 16.6. The average molecular weight is 952 g/mol. The second-order valence-electron chi connectivity index (χ2n) is 24.3. The summed E-state index contributed by atoms with van der Waals surface area (Å²) < 4.78 is 24.2. The molecular weight excluding hydrogens is 845 g/mol. The Labute approximate surface area is 418 Å². The minimum Gasteiger partial charge on any atom is -0.462 e. The van der Waals surface area contributed by atoms with Crippen molar-refractivity contribution in [2.75, 3.05) is 46.1 Å². The number of nitrogens with one attached hydrogen (secondary N) is 1. The summed E-state index contributed by atoms with van der Waals surface area (Å²) >= 11 is 0. The van der Waals surface area contributed by atoms with Crippen LogP contribution >= 0.6 is 0 Å². The molecule has 1 N–H and O–H groups in total. The molecule has 4 aliphatic carbocycles. The highest BCUT2D eigenvalue weighted by Crippen LogP contribution is 2.67. The predicted octanol–water partition coefficient (Wildman–Crippen LogP) is 15.4. The van der Waals surface area contributed by atoms with Crippen LogP contribution in [0.25, 0.3) is 0 Å². The van der Waals surface area contributed by atoms with Gasteiger partial charge in [0.2, 0.25) is 0 Å². The summed E-state index contributed by atoms with van der Waals surface area (Å²) in [5, 5.41) is 2.84. The van der Waals surface area contributed by atoms with Crippen molar-refractivity contribution in [2.24, 2.45) is 46.3 Å². The normalized spacial score (nSPS) is 28.4. The van der Waals surface area contributed by atoms with Gasteiger partial charge >= 0.3 is 12.1 Å². The van der Waals surface area contributed by atoms with E-state index in [0.29, 0.717) is 12.0 Å². The van der Waals surface area contributed by atoms with Crippen LogP contribution in [0.1, 0.15) is 235 Å². The molecule has 5 rings (SSSR count). The lowest BCUT2D eigenvalue weighted by Crippen LogP contribution is -2.53. The van der Waals surface area contributed by atoms with Crippen LogP contribution in [-0.4, -0.2) is 80.8 Å². The molecule has 0 aromatic heterocycles. The first-order valence-electron chi connectivity index (χ1n) is 29.2. The number of hydrogen-bond donors (Lipinski definition) is 1. The lowest BCUT2D eigenvalue weighted by atomic mass is 9.47. The Morgan fingerprint density at radius 2 is 1.49 bits per heavy atom. The van der Waals surface area contributed by atoms with Gasteiger partial charge in [0.1, 0.15) is 18.2 Å². The summed E-state index contributed by atoms with van der Waals surface area (Å²) in [6.07, 6.45) is 42.0. The van der Waals surface area contributed by atoms with Gasteiger partial charge in [-0.15, -0.1) is 0 Å². The topological polar surface area (TPSA) is 86.3 Å². The van der Waals surface area contributed by atoms with E-state index in [9.17, 15) is 9.59 Å². The SMILES string of the molecule is CCCCCCCC/C=C\CCCCCCCCOCC(CN1CCCCC1)OCCOC(=O)C(C)(C)NC(=O)O[C@H]1CCC2(C)C(=CCC3C4CC[C@@H]([C@H](C)CCCC(C)C)C4(C)CC[C@H]32)C1. The number of unbranched alkanes of at least 4 members (excludes halogenated alkanes) is 12. The van der Waals surface area contributed by atoms with Crippen molar-refractivity contribution in [3.63, 3.8) is 0 Å². The number of esters is 1. The monoisotopic (exact) mass is 951 g/mol. The molecule has 1 amide bonds. The summed E-state index contributed by atoms with van der Waals surface area (Å²) in [5.41, 5.74) is 0.949. The van der Waals surface area contributed by atoms with E-state index in [4.69, 9.17) is 18.9 Å². The minimum absolute atomic E-state index is 0.0731. The second kappa shape index (κ2) is 29.6. The van der Waals surface area contributed by atoms with E-state index in [1.54, 1.807) is 13.8 Å². The standard InChI is InChI=1S/C60H106N2O6/c1-9-10-11-12-13-14-15-16-17-18-19-20-21-22-23-27-41-65-46-51(45-62-39-25-24-26-40-62)66-42-43-67-56(63)58(5,6)61-57(64)68-50-35-37-59(7)49(44-50)31-32-52-54-34-33-53(48(4)30-28-29-47(2)3)60(54,8)38-36-55(52)59/h16-17,31,47-48,50-55H,9-15,18-30,32-46H2,1-8H3,(H,61,64)/b17-16-/t48-,50+,51?,52?,53+,54?,55-,59?,60?/m1/s1. The highest BCUT2D eigenvalue weighted by molar-refractivity contribution is 5.84. The molecule has 1 saturated heterocycles. The van der Waals surface area contributed by atoms with Gasteiger partial charge in [-0.05, 0) is 163 Å². The van der Waals surface area contributed by atoms with Gasteiger partial charge in [-0.3, -0.25) is 0 Å². The van der Waals surface area contributed by atoms with E-state index in [1.807, 2.05) is 0 Å². The number of hydrogen-bond acceptors (Lipinski definition) is 7. The van der Waals surface area contributed by atoms with Gasteiger partial charge in [-0.25, -0.2) is 9.59 Å². The number of nitrogens with zero attached hydrogens (tertiary/aromatic N) is 1. The van der Waals surface area contributed by atoms with Gasteiger partial charge < -0.3 is 29.2 Å². The summed E-state index contributed by atoms with van der Waals surface area (Å²) in [5.74, 6) is 4.34. The average Bonchev–Trinajstić information content (AvgIpc) is 3.67. The number of amides is 1. The van der Waals surface area contributed by atoms with Crippen LogP contribution in [0.4, 0.5) is 4.79 Å². The molecule has 4 fully saturated rings. The number of allylic oxidation sites excluding steroid dienone is 3. The van der Waals surface area contributed by atoms with Crippen molar-refractivity contribution in [2.45, 2.75) is 253 Å². The third-order valence-corrected chi connectivity index (χ3v) is 18.1. The number of carbonyl (C=O) groups is 2. The van der Waals surface area contributed by atoms with Crippen LogP contribution in [-0.2, 0) is 23.7 Å². The maximum Gasteiger partial charge on any atom is 0.408 e. The molecule has 0 radical (unpaired) electrons. The molecule has 0 bridgehead atoms. The first kappa shape index (κ1) is 57.0. The van der Waals surface area contributed by atoms with Crippen molar-refractivity contribution in [3.05, 3.63) is 23.8 Å².